The molecule has 0 saturated heterocycles. The first-order valence-corrected chi connectivity index (χ1v) is 5.17. The molecule has 0 aliphatic rings. The van der Waals surface area contributed by atoms with Gasteiger partial charge in [0, 0.05) is 6.54 Å². The van der Waals surface area contributed by atoms with E-state index < -0.39 is 0 Å². The summed E-state index contributed by atoms with van der Waals surface area (Å²) in [5, 5.41) is 3.14. The summed E-state index contributed by atoms with van der Waals surface area (Å²) in [5.41, 5.74) is 4.04. The van der Waals surface area contributed by atoms with Crippen LogP contribution in [0.25, 0.3) is 6.08 Å². The molecule has 1 rings (SSSR count). The van der Waals surface area contributed by atoms with E-state index in [1.165, 1.54) is 16.7 Å². The van der Waals surface area contributed by atoms with Crippen LogP contribution in [-0.2, 0) is 6.42 Å². The van der Waals surface area contributed by atoms with E-state index in [4.69, 9.17) is 0 Å². The molecule has 14 heavy (non-hydrogen) atoms. The largest absolute Gasteiger partial charge is 0.316 e. The molecule has 0 fully saturated rings. The Kier molecular flexibility index (Phi) is 4.41. The van der Waals surface area contributed by atoms with Crippen molar-refractivity contribution in [2.75, 3.05) is 13.6 Å². The highest BCUT2D eigenvalue weighted by Gasteiger charge is 1.91. The van der Waals surface area contributed by atoms with E-state index in [1.54, 1.807) is 0 Å². The molecule has 0 heterocycles. The van der Waals surface area contributed by atoms with Gasteiger partial charge in [0.25, 0.3) is 0 Å². The summed E-state index contributed by atoms with van der Waals surface area (Å²) in [7, 11) is 1.97. The van der Waals surface area contributed by atoms with Crippen LogP contribution in [0.4, 0.5) is 0 Å². The lowest BCUT2D eigenvalue weighted by molar-refractivity contribution is 0.884. The number of benzene rings is 1. The number of likely N-dealkylation sites (N-methyl/N-ethyl adjacent to an activating group) is 1. The Balaban J connectivity index is 2.72. The number of aryl methyl sites for hydroxylation is 1. The average molecular weight is 189 g/mol. The summed E-state index contributed by atoms with van der Waals surface area (Å²) in [6, 6.07) is 8.74. The zero-order valence-corrected chi connectivity index (χ0v) is 9.30. The molecule has 1 nitrogen and oxygen atoms in total. The topological polar surface area (TPSA) is 12.0 Å². The van der Waals surface area contributed by atoms with Gasteiger partial charge in [-0.3, -0.25) is 0 Å². The first-order valence-electron chi connectivity index (χ1n) is 5.17. The standard InChI is InChI=1S/C13H19N/c1-4-12-5-7-13(8-6-12)9-11(2)10-14-3/h5-9,14H,4,10H2,1-3H3. The zero-order valence-electron chi connectivity index (χ0n) is 9.30. The van der Waals surface area contributed by atoms with Crippen molar-refractivity contribution in [1.82, 2.24) is 5.32 Å². The van der Waals surface area contributed by atoms with Crippen molar-refractivity contribution in [3.8, 4) is 0 Å². The molecule has 0 aliphatic heterocycles. The van der Waals surface area contributed by atoms with Crippen LogP contribution in [0.15, 0.2) is 29.8 Å². The Hall–Kier alpha value is -1.08. The van der Waals surface area contributed by atoms with E-state index in [9.17, 15) is 0 Å². The van der Waals surface area contributed by atoms with Crippen LogP contribution < -0.4 is 5.32 Å². The van der Waals surface area contributed by atoms with Gasteiger partial charge in [-0.05, 0) is 31.5 Å². The fraction of sp³-hybridized carbons (Fsp3) is 0.385. The molecular formula is C13H19N. The summed E-state index contributed by atoms with van der Waals surface area (Å²) in [6.07, 6.45) is 3.33. The van der Waals surface area contributed by atoms with Crippen molar-refractivity contribution in [1.29, 1.82) is 0 Å². The van der Waals surface area contributed by atoms with Crippen molar-refractivity contribution in [3.63, 3.8) is 0 Å². The third-order valence-electron chi connectivity index (χ3n) is 2.26. The van der Waals surface area contributed by atoms with E-state index in [-0.39, 0.29) is 0 Å². The molecule has 0 saturated carbocycles. The maximum atomic E-state index is 3.14. The zero-order chi connectivity index (χ0) is 10.4. The molecule has 1 N–H and O–H groups in total. The SMILES string of the molecule is CCc1ccc(C=C(C)CNC)cc1. The number of rotatable bonds is 4. The van der Waals surface area contributed by atoms with E-state index in [0.717, 1.165) is 13.0 Å². The van der Waals surface area contributed by atoms with Crippen LogP contribution in [0.2, 0.25) is 0 Å². The van der Waals surface area contributed by atoms with Crippen LogP contribution in [0.1, 0.15) is 25.0 Å². The molecule has 0 atom stereocenters. The lowest BCUT2D eigenvalue weighted by atomic mass is 10.1. The van der Waals surface area contributed by atoms with E-state index in [0.29, 0.717) is 0 Å². The minimum Gasteiger partial charge on any atom is -0.316 e. The summed E-state index contributed by atoms with van der Waals surface area (Å²) in [5.74, 6) is 0. The highest BCUT2D eigenvalue weighted by atomic mass is 14.8. The van der Waals surface area contributed by atoms with Gasteiger partial charge in [0.05, 0.1) is 0 Å². The van der Waals surface area contributed by atoms with E-state index >= 15 is 0 Å². The van der Waals surface area contributed by atoms with Gasteiger partial charge in [0.1, 0.15) is 0 Å². The van der Waals surface area contributed by atoms with E-state index in [1.807, 2.05) is 7.05 Å². The second-order valence-electron chi connectivity index (χ2n) is 3.62. The van der Waals surface area contributed by atoms with Gasteiger partial charge < -0.3 is 5.32 Å². The smallest absolute Gasteiger partial charge is 0.0162 e. The lowest BCUT2D eigenvalue weighted by Gasteiger charge is -2.01. The minimum atomic E-state index is 0.954. The second-order valence-corrected chi connectivity index (χ2v) is 3.62. The van der Waals surface area contributed by atoms with Crippen molar-refractivity contribution >= 4 is 6.08 Å². The van der Waals surface area contributed by atoms with Crippen LogP contribution in [0.3, 0.4) is 0 Å². The molecule has 0 aliphatic carbocycles. The third-order valence-corrected chi connectivity index (χ3v) is 2.26. The van der Waals surface area contributed by atoms with Crippen molar-refractivity contribution in [3.05, 3.63) is 41.0 Å². The molecule has 0 aromatic heterocycles. The molecule has 1 aromatic carbocycles. The second kappa shape index (κ2) is 5.61. The van der Waals surface area contributed by atoms with E-state index in [2.05, 4.69) is 49.5 Å². The molecule has 0 radical (unpaired) electrons. The number of hydrogen-bond acceptors (Lipinski definition) is 1. The molecule has 76 valence electrons. The van der Waals surface area contributed by atoms with Crippen molar-refractivity contribution in [2.45, 2.75) is 20.3 Å². The fourth-order valence-electron chi connectivity index (χ4n) is 1.46. The van der Waals surface area contributed by atoms with Crippen LogP contribution >= 0.6 is 0 Å². The molecule has 0 bridgehead atoms. The molecule has 0 amide bonds. The predicted octanol–water partition coefficient (Wildman–Crippen LogP) is 2.87. The maximum absolute atomic E-state index is 3.14. The Bertz CT molecular complexity index is 296. The molecule has 0 spiro atoms. The summed E-state index contributed by atoms with van der Waals surface area (Å²) >= 11 is 0. The third kappa shape index (κ3) is 3.35. The Morgan fingerprint density at radius 2 is 1.93 bits per heavy atom. The first kappa shape index (κ1) is 11.0. The van der Waals surface area contributed by atoms with Crippen molar-refractivity contribution < 1.29 is 0 Å². The van der Waals surface area contributed by atoms with Crippen LogP contribution in [-0.4, -0.2) is 13.6 Å². The number of hydrogen-bond donors (Lipinski definition) is 1. The van der Waals surface area contributed by atoms with Crippen LogP contribution in [0.5, 0.6) is 0 Å². The number of nitrogens with one attached hydrogen (secondary N) is 1. The summed E-state index contributed by atoms with van der Waals surface area (Å²) in [4.78, 5) is 0. The van der Waals surface area contributed by atoms with Gasteiger partial charge in [-0.15, -0.1) is 0 Å². The van der Waals surface area contributed by atoms with Gasteiger partial charge in [0.15, 0.2) is 0 Å². The maximum Gasteiger partial charge on any atom is 0.0162 e. The van der Waals surface area contributed by atoms with Gasteiger partial charge in [-0.2, -0.15) is 0 Å². The monoisotopic (exact) mass is 189 g/mol. The van der Waals surface area contributed by atoms with Gasteiger partial charge >= 0.3 is 0 Å². The van der Waals surface area contributed by atoms with Crippen molar-refractivity contribution in [2.24, 2.45) is 0 Å². The van der Waals surface area contributed by atoms with Crippen LogP contribution in [0, 0.1) is 0 Å². The molecule has 1 heteroatoms. The molecule has 0 unspecified atom stereocenters. The Labute approximate surface area is 86.8 Å². The first-order chi connectivity index (χ1) is 6.76. The van der Waals surface area contributed by atoms with Gasteiger partial charge in [0.2, 0.25) is 0 Å². The highest BCUT2D eigenvalue weighted by molar-refractivity contribution is 5.53. The van der Waals surface area contributed by atoms with Gasteiger partial charge in [-0.25, -0.2) is 0 Å². The minimum absolute atomic E-state index is 0.954. The molecule has 1 aromatic rings. The Morgan fingerprint density at radius 1 is 1.29 bits per heavy atom. The van der Waals surface area contributed by atoms with Gasteiger partial charge in [-0.1, -0.05) is 42.8 Å². The normalized spacial score (nSPS) is 11.8. The average Bonchev–Trinajstić information content (AvgIpc) is 2.19. The highest BCUT2D eigenvalue weighted by Crippen LogP contribution is 2.08. The lowest BCUT2D eigenvalue weighted by Crippen LogP contribution is -2.08. The molecular weight excluding hydrogens is 170 g/mol. The summed E-state index contributed by atoms with van der Waals surface area (Å²) < 4.78 is 0. The quantitative estimate of drug-likeness (QED) is 0.768. The summed E-state index contributed by atoms with van der Waals surface area (Å²) in [6.45, 7) is 5.27. The Morgan fingerprint density at radius 3 is 2.43 bits per heavy atom. The predicted molar refractivity (Wildman–Crippen MR) is 63.4 cm³/mol. The fourth-order valence-corrected chi connectivity index (χ4v) is 1.46.